The second-order valence-corrected chi connectivity index (χ2v) is 7.03. The molecule has 1 heterocycles. The number of halogens is 4. The summed E-state index contributed by atoms with van der Waals surface area (Å²) in [5.74, 6) is -1.36. The zero-order chi connectivity index (χ0) is 19.2. The van der Waals surface area contributed by atoms with Gasteiger partial charge in [-0.1, -0.05) is 46.4 Å². The molecule has 0 aromatic heterocycles. The first-order valence-electron chi connectivity index (χ1n) is 7.09. The maximum atomic E-state index is 12.6. The summed E-state index contributed by atoms with van der Waals surface area (Å²) in [6.07, 6.45) is 0. The maximum absolute atomic E-state index is 12.6. The molecule has 2 aromatic rings. The molecule has 0 fully saturated rings. The summed E-state index contributed by atoms with van der Waals surface area (Å²) < 4.78 is 0. The van der Waals surface area contributed by atoms with Crippen molar-refractivity contribution in [2.24, 2.45) is 5.73 Å². The normalized spacial score (nSPS) is 15.8. The average molecular weight is 433 g/mol. The van der Waals surface area contributed by atoms with Gasteiger partial charge in [-0.2, -0.15) is 0 Å². The van der Waals surface area contributed by atoms with Gasteiger partial charge in [-0.05, 0) is 30.3 Å². The lowest BCUT2D eigenvalue weighted by Gasteiger charge is -2.14. The SMILES string of the molecule is NC(=O)N1C(=O)C(NC(=O)c2ccc(Cl)cc2Cl)c2cc(Cl)c(Cl)cc21. The van der Waals surface area contributed by atoms with Gasteiger partial charge < -0.3 is 11.1 Å². The smallest absolute Gasteiger partial charge is 0.326 e. The molecule has 1 unspecified atom stereocenters. The molecule has 0 radical (unpaired) electrons. The number of anilines is 1. The summed E-state index contributed by atoms with van der Waals surface area (Å²) in [4.78, 5) is 37.5. The van der Waals surface area contributed by atoms with Crippen molar-refractivity contribution in [3.05, 3.63) is 61.5 Å². The Morgan fingerprint density at radius 3 is 2.27 bits per heavy atom. The lowest BCUT2D eigenvalue weighted by atomic mass is 10.1. The van der Waals surface area contributed by atoms with Gasteiger partial charge in [-0.25, -0.2) is 9.69 Å². The molecular weight excluding hydrogens is 424 g/mol. The summed E-state index contributed by atoms with van der Waals surface area (Å²) in [5, 5.41) is 3.29. The van der Waals surface area contributed by atoms with Crippen LogP contribution in [0.2, 0.25) is 20.1 Å². The number of hydrogen-bond acceptors (Lipinski definition) is 3. The number of fused-ring (bicyclic) bond motifs is 1. The van der Waals surface area contributed by atoms with Gasteiger partial charge in [0.15, 0.2) is 0 Å². The fourth-order valence-electron chi connectivity index (χ4n) is 2.61. The van der Waals surface area contributed by atoms with Crippen LogP contribution in [-0.4, -0.2) is 17.8 Å². The predicted molar refractivity (Wildman–Crippen MR) is 100 cm³/mol. The number of urea groups is 1. The van der Waals surface area contributed by atoms with Gasteiger partial charge in [-0.3, -0.25) is 9.59 Å². The minimum atomic E-state index is -1.17. The maximum Gasteiger partial charge on any atom is 0.326 e. The van der Waals surface area contributed by atoms with Crippen LogP contribution >= 0.6 is 46.4 Å². The monoisotopic (exact) mass is 431 g/mol. The third-order valence-corrected chi connectivity index (χ3v) is 5.03. The molecule has 6 nitrogen and oxygen atoms in total. The Labute approximate surface area is 167 Å². The van der Waals surface area contributed by atoms with Crippen molar-refractivity contribution < 1.29 is 14.4 Å². The molecule has 3 rings (SSSR count). The van der Waals surface area contributed by atoms with E-state index in [0.29, 0.717) is 10.6 Å². The van der Waals surface area contributed by atoms with Crippen LogP contribution in [-0.2, 0) is 4.79 Å². The highest BCUT2D eigenvalue weighted by atomic mass is 35.5. The Balaban J connectivity index is 2.00. The van der Waals surface area contributed by atoms with Gasteiger partial charge in [0.25, 0.3) is 11.8 Å². The van der Waals surface area contributed by atoms with Crippen LogP contribution in [0.3, 0.4) is 0 Å². The molecule has 0 saturated heterocycles. The number of nitrogens with two attached hydrogens (primary N) is 1. The fourth-order valence-corrected chi connectivity index (χ4v) is 3.43. The summed E-state index contributed by atoms with van der Waals surface area (Å²) in [6, 6.07) is 4.86. The average Bonchev–Trinajstić information content (AvgIpc) is 2.79. The second-order valence-electron chi connectivity index (χ2n) is 5.37. The molecule has 2 aromatic carbocycles. The molecule has 4 amide bonds. The summed E-state index contributed by atoms with van der Waals surface area (Å²) >= 11 is 23.8. The number of carbonyl (C=O) groups excluding carboxylic acids is 3. The van der Waals surface area contributed by atoms with Crippen molar-refractivity contribution in [2.45, 2.75) is 6.04 Å². The number of benzene rings is 2. The van der Waals surface area contributed by atoms with Gasteiger partial charge in [0.2, 0.25) is 0 Å². The number of hydrogen-bond donors (Lipinski definition) is 2. The molecule has 0 aliphatic carbocycles. The quantitative estimate of drug-likeness (QED) is 0.744. The van der Waals surface area contributed by atoms with Crippen molar-refractivity contribution >= 4 is 69.9 Å². The number of imide groups is 1. The second kappa shape index (κ2) is 6.96. The highest BCUT2D eigenvalue weighted by molar-refractivity contribution is 6.42. The van der Waals surface area contributed by atoms with E-state index >= 15 is 0 Å². The van der Waals surface area contributed by atoms with Crippen LogP contribution in [0, 0.1) is 0 Å². The van der Waals surface area contributed by atoms with E-state index in [1.165, 1.54) is 30.3 Å². The van der Waals surface area contributed by atoms with Crippen molar-refractivity contribution in [3.8, 4) is 0 Å². The minimum absolute atomic E-state index is 0.113. The van der Waals surface area contributed by atoms with Crippen LogP contribution in [0.4, 0.5) is 10.5 Å². The van der Waals surface area contributed by atoms with E-state index in [1.54, 1.807) is 0 Å². The van der Waals surface area contributed by atoms with Crippen molar-refractivity contribution in [1.29, 1.82) is 0 Å². The molecule has 0 saturated carbocycles. The third-order valence-electron chi connectivity index (χ3n) is 3.76. The molecule has 134 valence electrons. The summed E-state index contributed by atoms with van der Waals surface area (Å²) in [5.41, 5.74) is 5.84. The first-order chi connectivity index (χ1) is 12.2. The molecule has 3 N–H and O–H groups in total. The van der Waals surface area contributed by atoms with Crippen LogP contribution in [0.15, 0.2) is 30.3 Å². The molecule has 1 aliphatic rings. The number of nitrogens with one attached hydrogen (secondary N) is 1. The zero-order valence-electron chi connectivity index (χ0n) is 12.7. The lowest BCUT2D eigenvalue weighted by molar-refractivity contribution is -0.119. The number of primary amides is 1. The zero-order valence-corrected chi connectivity index (χ0v) is 15.7. The number of rotatable bonds is 2. The molecule has 0 spiro atoms. The largest absolute Gasteiger partial charge is 0.351 e. The Bertz CT molecular complexity index is 964. The lowest BCUT2D eigenvalue weighted by Crippen LogP contribution is -2.43. The topological polar surface area (TPSA) is 92.5 Å². The van der Waals surface area contributed by atoms with E-state index in [4.69, 9.17) is 52.1 Å². The third kappa shape index (κ3) is 3.21. The van der Waals surface area contributed by atoms with Gasteiger partial charge in [0.05, 0.1) is 26.3 Å². The van der Waals surface area contributed by atoms with E-state index < -0.39 is 23.9 Å². The van der Waals surface area contributed by atoms with Crippen LogP contribution in [0.25, 0.3) is 0 Å². The number of carbonyl (C=O) groups is 3. The highest BCUT2D eigenvalue weighted by Gasteiger charge is 2.41. The van der Waals surface area contributed by atoms with Gasteiger partial charge >= 0.3 is 6.03 Å². The Hall–Kier alpha value is -1.99. The van der Waals surface area contributed by atoms with Crippen LogP contribution in [0.5, 0.6) is 0 Å². The van der Waals surface area contributed by atoms with Crippen molar-refractivity contribution in [2.75, 3.05) is 4.90 Å². The molecule has 10 heteroatoms. The Kier molecular flexibility index (Phi) is 5.03. The predicted octanol–water partition coefficient (Wildman–Crippen LogP) is 4.20. The van der Waals surface area contributed by atoms with E-state index in [2.05, 4.69) is 5.32 Å². The van der Waals surface area contributed by atoms with Crippen LogP contribution < -0.4 is 16.0 Å². The van der Waals surface area contributed by atoms with E-state index in [-0.39, 0.29) is 26.3 Å². The molecule has 26 heavy (non-hydrogen) atoms. The van der Waals surface area contributed by atoms with Gasteiger partial charge in [0, 0.05) is 10.6 Å². The van der Waals surface area contributed by atoms with Crippen LogP contribution in [0.1, 0.15) is 22.0 Å². The van der Waals surface area contributed by atoms with E-state index in [0.717, 1.165) is 4.90 Å². The molecule has 0 bridgehead atoms. The van der Waals surface area contributed by atoms with Crippen molar-refractivity contribution in [3.63, 3.8) is 0 Å². The standard InChI is InChI=1S/C16H9Cl4N3O3/c17-6-1-2-7(9(18)3-6)14(24)22-13-8-4-10(19)11(20)5-12(8)23(15(13)25)16(21)26/h1-5,13H,(H2,21,26)(H,22,24). The summed E-state index contributed by atoms with van der Waals surface area (Å²) in [7, 11) is 0. The van der Waals surface area contributed by atoms with Gasteiger partial charge in [-0.15, -0.1) is 0 Å². The minimum Gasteiger partial charge on any atom is -0.351 e. The molecule has 1 atom stereocenters. The summed E-state index contributed by atoms with van der Waals surface area (Å²) in [6.45, 7) is 0. The molecular formula is C16H9Cl4N3O3. The fraction of sp³-hybridized carbons (Fsp3) is 0.0625. The number of amides is 4. The first-order valence-corrected chi connectivity index (χ1v) is 8.60. The van der Waals surface area contributed by atoms with Crippen molar-refractivity contribution in [1.82, 2.24) is 5.32 Å². The van der Waals surface area contributed by atoms with E-state index in [1.807, 2.05) is 0 Å². The number of nitrogens with zero attached hydrogens (tertiary/aromatic N) is 1. The highest BCUT2D eigenvalue weighted by Crippen LogP contribution is 2.41. The van der Waals surface area contributed by atoms with E-state index in [9.17, 15) is 14.4 Å². The molecule has 1 aliphatic heterocycles. The Morgan fingerprint density at radius 1 is 1.00 bits per heavy atom. The first kappa shape index (κ1) is 18.8. The van der Waals surface area contributed by atoms with Gasteiger partial charge in [0.1, 0.15) is 6.04 Å². The Morgan fingerprint density at radius 2 is 1.65 bits per heavy atom.